The van der Waals surface area contributed by atoms with Gasteiger partial charge in [0.25, 0.3) is 0 Å². The van der Waals surface area contributed by atoms with E-state index in [1.165, 1.54) is 12.7 Å². The standard InChI is InChI=1S/C19H32N10O2/c1-12(2)16(31)13(5-4-6-24-19(21)22)29(8-7-23-3)14(30)9-28-11-27-15-17(20)25-10-26-18(15)28/h10-13,23H,4-9H2,1-3H3,(H2,20,25,26)(H4,21,22,24). The first-order chi connectivity index (χ1) is 14.8. The molecule has 0 bridgehead atoms. The number of fused-ring (bicyclic) bond motifs is 1. The van der Waals surface area contributed by atoms with Crippen molar-refractivity contribution in [2.24, 2.45) is 22.4 Å². The highest BCUT2D eigenvalue weighted by atomic mass is 16.2. The molecule has 0 saturated heterocycles. The molecule has 7 N–H and O–H groups in total. The molecule has 0 aliphatic carbocycles. The van der Waals surface area contributed by atoms with E-state index in [0.29, 0.717) is 43.6 Å². The van der Waals surface area contributed by atoms with Gasteiger partial charge < -0.3 is 32.0 Å². The molecule has 2 aromatic heterocycles. The molecule has 1 atom stereocenters. The maximum absolute atomic E-state index is 13.3. The largest absolute Gasteiger partial charge is 0.382 e. The number of nitrogen functional groups attached to an aromatic ring is 1. The molecular weight excluding hydrogens is 400 g/mol. The highest BCUT2D eigenvalue weighted by Crippen LogP contribution is 2.17. The number of Topliss-reactive ketones (excluding diaryl/α,β-unsaturated/α-hetero) is 1. The Bertz CT molecular complexity index is 920. The summed E-state index contributed by atoms with van der Waals surface area (Å²) in [7, 11) is 1.80. The van der Waals surface area contributed by atoms with Crippen molar-refractivity contribution in [2.45, 2.75) is 39.3 Å². The highest BCUT2D eigenvalue weighted by molar-refractivity contribution is 5.91. The second-order valence-corrected chi connectivity index (χ2v) is 7.52. The molecule has 12 heteroatoms. The maximum Gasteiger partial charge on any atom is 0.243 e. The second-order valence-electron chi connectivity index (χ2n) is 7.52. The third-order valence-corrected chi connectivity index (χ3v) is 4.86. The number of guanidine groups is 1. The number of amides is 1. The number of ketones is 1. The van der Waals surface area contributed by atoms with Gasteiger partial charge in [-0.2, -0.15) is 0 Å². The predicted octanol–water partition coefficient (Wildman–Crippen LogP) is -0.896. The highest BCUT2D eigenvalue weighted by Gasteiger charge is 2.30. The SMILES string of the molecule is CNCCN(C(=O)Cn1cnc2c(N)ncnc21)C(CCCN=C(N)N)C(=O)C(C)C. The molecule has 0 fully saturated rings. The number of likely N-dealkylation sites (N-methyl/N-ethyl adjacent to an activating group) is 1. The van der Waals surface area contributed by atoms with Gasteiger partial charge in [-0.25, -0.2) is 15.0 Å². The van der Waals surface area contributed by atoms with Gasteiger partial charge in [-0.05, 0) is 19.9 Å². The van der Waals surface area contributed by atoms with Crippen molar-refractivity contribution in [3.05, 3.63) is 12.7 Å². The molecule has 0 saturated carbocycles. The van der Waals surface area contributed by atoms with Crippen molar-refractivity contribution in [2.75, 3.05) is 32.4 Å². The zero-order valence-corrected chi connectivity index (χ0v) is 18.3. The maximum atomic E-state index is 13.3. The van der Waals surface area contributed by atoms with Gasteiger partial charge in [0.2, 0.25) is 5.91 Å². The average molecular weight is 433 g/mol. The monoisotopic (exact) mass is 432 g/mol. The number of hydrogen-bond donors (Lipinski definition) is 4. The van der Waals surface area contributed by atoms with Crippen molar-refractivity contribution < 1.29 is 9.59 Å². The van der Waals surface area contributed by atoms with Gasteiger partial charge in [-0.1, -0.05) is 13.8 Å². The summed E-state index contributed by atoms with van der Waals surface area (Å²) in [5.74, 6) is -0.192. The average Bonchev–Trinajstić information content (AvgIpc) is 3.13. The van der Waals surface area contributed by atoms with Crippen LogP contribution in [0.2, 0.25) is 0 Å². The first-order valence-electron chi connectivity index (χ1n) is 10.2. The van der Waals surface area contributed by atoms with Crippen LogP contribution in [0.3, 0.4) is 0 Å². The summed E-state index contributed by atoms with van der Waals surface area (Å²) in [6.07, 6.45) is 3.86. The molecule has 2 aromatic rings. The topological polar surface area (TPSA) is 183 Å². The normalized spacial score (nSPS) is 12.1. The van der Waals surface area contributed by atoms with E-state index in [-0.39, 0.29) is 35.9 Å². The van der Waals surface area contributed by atoms with E-state index < -0.39 is 6.04 Å². The van der Waals surface area contributed by atoms with Gasteiger partial charge in [0, 0.05) is 25.6 Å². The lowest BCUT2D eigenvalue weighted by atomic mass is 9.96. The molecule has 31 heavy (non-hydrogen) atoms. The zero-order chi connectivity index (χ0) is 23.0. The van der Waals surface area contributed by atoms with E-state index in [1.807, 2.05) is 13.8 Å². The lowest BCUT2D eigenvalue weighted by Crippen LogP contribution is -2.50. The van der Waals surface area contributed by atoms with Gasteiger partial charge in [-0.15, -0.1) is 0 Å². The molecule has 0 radical (unpaired) electrons. The Labute approximate surface area is 181 Å². The van der Waals surface area contributed by atoms with E-state index in [0.717, 1.165) is 0 Å². The zero-order valence-electron chi connectivity index (χ0n) is 18.3. The third-order valence-electron chi connectivity index (χ3n) is 4.86. The van der Waals surface area contributed by atoms with Crippen LogP contribution in [0.4, 0.5) is 5.82 Å². The number of rotatable bonds is 12. The first-order valence-corrected chi connectivity index (χ1v) is 10.2. The van der Waals surface area contributed by atoms with E-state index in [1.54, 1.807) is 16.5 Å². The van der Waals surface area contributed by atoms with E-state index in [4.69, 9.17) is 17.2 Å². The van der Waals surface area contributed by atoms with Crippen molar-refractivity contribution in [3.8, 4) is 0 Å². The Morgan fingerprint density at radius 3 is 2.65 bits per heavy atom. The number of nitrogens with one attached hydrogen (secondary N) is 1. The Morgan fingerprint density at radius 2 is 2.00 bits per heavy atom. The van der Waals surface area contributed by atoms with Gasteiger partial charge in [0.1, 0.15) is 18.4 Å². The number of carbonyl (C=O) groups is 2. The number of aromatic nitrogens is 4. The third kappa shape index (κ3) is 6.35. The number of nitrogens with two attached hydrogens (primary N) is 3. The van der Waals surface area contributed by atoms with E-state index in [9.17, 15) is 9.59 Å². The summed E-state index contributed by atoms with van der Waals surface area (Å²) in [6, 6.07) is -0.579. The molecule has 0 aromatic carbocycles. The fourth-order valence-electron chi connectivity index (χ4n) is 3.27. The summed E-state index contributed by atoms with van der Waals surface area (Å²) in [4.78, 5) is 44.2. The number of imidazole rings is 1. The van der Waals surface area contributed by atoms with Crippen LogP contribution in [0.25, 0.3) is 11.2 Å². The molecule has 0 spiro atoms. The summed E-state index contributed by atoms with van der Waals surface area (Å²) < 4.78 is 1.61. The fraction of sp³-hybridized carbons (Fsp3) is 0.579. The molecular formula is C19H32N10O2. The molecule has 12 nitrogen and oxygen atoms in total. The van der Waals surface area contributed by atoms with Crippen LogP contribution in [0.5, 0.6) is 0 Å². The van der Waals surface area contributed by atoms with Crippen LogP contribution in [-0.4, -0.2) is 74.8 Å². The van der Waals surface area contributed by atoms with Gasteiger partial charge in [0.15, 0.2) is 23.2 Å². The van der Waals surface area contributed by atoms with E-state index in [2.05, 4.69) is 25.3 Å². The predicted molar refractivity (Wildman–Crippen MR) is 119 cm³/mol. The van der Waals surface area contributed by atoms with Crippen molar-refractivity contribution in [1.29, 1.82) is 0 Å². The minimum absolute atomic E-state index is 0.00287. The minimum atomic E-state index is -0.579. The van der Waals surface area contributed by atoms with Gasteiger partial charge >= 0.3 is 0 Å². The van der Waals surface area contributed by atoms with Crippen LogP contribution in [0.15, 0.2) is 17.6 Å². The van der Waals surface area contributed by atoms with Crippen LogP contribution >= 0.6 is 0 Å². The smallest absolute Gasteiger partial charge is 0.243 e. The number of anilines is 1. The summed E-state index contributed by atoms with van der Waals surface area (Å²) in [5, 5.41) is 3.04. The summed E-state index contributed by atoms with van der Waals surface area (Å²) in [6.45, 7) is 4.95. The molecule has 1 amide bonds. The van der Waals surface area contributed by atoms with Crippen LogP contribution in [0.1, 0.15) is 26.7 Å². The first kappa shape index (κ1) is 24.0. The number of aliphatic imine (C=N–C) groups is 1. The number of hydrogen-bond acceptors (Lipinski definition) is 8. The molecule has 1 unspecified atom stereocenters. The van der Waals surface area contributed by atoms with Crippen LogP contribution in [0, 0.1) is 5.92 Å². The van der Waals surface area contributed by atoms with Crippen LogP contribution < -0.4 is 22.5 Å². The Kier molecular flexibility index (Phi) is 8.67. The molecule has 0 aliphatic rings. The molecule has 2 heterocycles. The summed E-state index contributed by atoms with van der Waals surface area (Å²) in [5.41, 5.74) is 17.5. The number of nitrogens with zero attached hydrogens (tertiary/aromatic N) is 6. The Hall–Kier alpha value is -3.28. The minimum Gasteiger partial charge on any atom is -0.382 e. The van der Waals surface area contributed by atoms with Gasteiger partial charge in [0.05, 0.1) is 12.4 Å². The van der Waals surface area contributed by atoms with Crippen LogP contribution in [-0.2, 0) is 16.1 Å². The van der Waals surface area contributed by atoms with Crippen molar-refractivity contribution >= 4 is 34.6 Å². The molecule has 170 valence electrons. The van der Waals surface area contributed by atoms with Crippen molar-refractivity contribution in [1.82, 2.24) is 29.7 Å². The number of carbonyl (C=O) groups excluding carboxylic acids is 2. The second kappa shape index (κ2) is 11.2. The quantitative estimate of drug-likeness (QED) is 0.187. The lowest BCUT2D eigenvalue weighted by molar-refractivity contribution is -0.141. The van der Waals surface area contributed by atoms with Crippen molar-refractivity contribution in [3.63, 3.8) is 0 Å². The molecule has 0 aliphatic heterocycles. The fourth-order valence-corrected chi connectivity index (χ4v) is 3.27. The van der Waals surface area contributed by atoms with E-state index >= 15 is 0 Å². The Balaban J connectivity index is 2.26. The Morgan fingerprint density at radius 1 is 1.26 bits per heavy atom. The van der Waals surface area contributed by atoms with Gasteiger partial charge in [-0.3, -0.25) is 14.6 Å². The molecule has 2 rings (SSSR count). The summed E-state index contributed by atoms with van der Waals surface area (Å²) >= 11 is 0. The lowest BCUT2D eigenvalue weighted by Gasteiger charge is -2.32.